The molecule has 9 nitrogen and oxygen atoms in total. The van der Waals surface area contributed by atoms with Crippen LogP contribution in [0.5, 0.6) is 11.5 Å². The monoisotopic (exact) mass is 549 g/mol. The van der Waals surface area contributed by atoms with E-state index in [1.807, 2.05) is 45.9 Å². The lowest BCUT2D eigenvalue weighted by Gasteiger charge is -2.21. The molecule has 0 aliphatic rings. The normalized spacial score (nSPS) is 12.6. The fourth-order valence-electron chi connectivity index (χ4n) is 3.89. The third kappa shape index (κ3) is 8.53. The van der Waals surface area contributed by atoms with Crippen LogP contribution in [0.2, 0.25) is 0 Å². The molecule has 0 saturated carbocycles. The molecule has 0 unspecified atom stereocenters. The predicted molar refractivity (Wildman–Crippen MR) is 152 cm³/mol. The molecule has 2 amide bonds. The second kappa shape index (κ2) is 15.0. The van der Waals surface area contributed by atoms with E-state index in [4.69, 9.17) is 9.47 Å². The summed E-state index contributed by atoms with van der Waals surface area (Å²) in [7, 11) is 0. The van der Waals surface area contributed by atoms with Crippen molar-refractivity contribution in [1.82, 2.24) is 15.6 Å². The third-order valence-corrected chi connectivity index (χ3v) is 6.51. The Balaban J connectivity index is 1.65. The van der Waals surface area contributed by atoms with Crippen LogP contribution < -0.4 is 20.1 Å². The lowest BCUT2D eigenvalue weighted by atomic mass is 10.0. The molecule has 9 heteroatoms. The molecule has 0 aliphatic carbocycles. The summed E-state index contributed by atoms with van der Waals surface area (Å²) in [6, 6.07) is 18.6. The van der Waals surface area contributed by atoms with E-state index in [1.54, 1.807) is 48.5 Å². The zero-order chi connectivity index (χ0) is 29.1. The highest BCUT2D eigenvalue weighted by atomic mass is 16.5. The number of aliphatic hydroxyl groups excluding tert-OH is 2. The molecule has 0 spiro atoms. The van der Waals surface area contributed by atoms with Gasteiger partial charge in [0.05, 0.1) is 47.8 Å². The molecule has 2 aromatic carbocycles. The van der Waals surface area contributed by atoms with Crippen LogP contribution in [-0.2, 0) is 13.2 Å². The molecule has 2 atom stereocenters. The Labute approximate surface area is 235 Å². The Bertz CT molecular complexity index is 1170. The molecule has 0 radical (unpaired) electrons. The van der Waals surface area contributed by atoms with Crippen molar-refractivity contribution in [3.63, 3.8) is 0 Å². The van der Waals surface area contributed by atoms with E-state index in [9.17, 15) is 19.8 Å². The number of nitrogens with one attached hydrogen (secondary N) is 2. The van der Waals surface area contributed by atoms with E-state index in [2.05, 4.69) is 15.6 Å². The third-order valence-electron chi connectivity index (χ3n) is 6.51. The smallest absolute Gasteiger partial charge is 0.255 e. The number of aromatic nitrogens is 1. The fraction of sp³-hybridized carbons (Fsp3) is 0.387. The number of hydrogen-bond acceptors (Lipinski definition) is 7. The molecular formula is C31H39N3O6. The van der Waals surface area contributed by atoms with E-state index in [0.29, 0.717) is 34.0 Å². The van der Waals surface area contributed by atoms with Gasteiger partial charge in [-0.3, -0.25) is 14.6 Å². The summed E-state index contributed by atoms with van der Waals surface area (Å²) in [6.45, 7) is 7.67. The number of aliphatic hydroxyl groups is 2. The Hall–Kier alpha value is -3.95. The summed E-state index contributed by atoms with van der Waals surface area (Å²) in [6.07, 6.45) is 0. The molecule has 0 bridgehead atoms. The zero-order valence-electron chi connectivity index (χ0n) is 23.5. The number of ether oxygens (including phenoxy) is 2. The number of amides is 2. The largest absolute Gasteiger partial charge is 0.486 e. The highest BCUT2D eigenvalue weighted by molar-refractivity contribution is 5.97. The molecule has 3 aromatic rings. The number of pyridine rings is 1. The first-order valence-electron chi connectivity index (χ1n) is 13.4. The van der Waals surface area contributed by atoms with E-state index >= 15 is 0 Å². The van der Waals surface area contributed by atoms with Gasteiger partial charge < -0.3 is 30.3 Å². The van der Waals surface area contributed by atoms with Crippen LogP contribution >= 0.6 is 0 Å². The van der Waals surface area contributed by atoms with Gasteiger partial charge in [0.2, 0.25) is 0 Å². The van der Waals surface area contributed by atoms with Crippen molar-refractivity contribution in [3.8, 4) is 11.5 Å². The summed E-state index contributed by atoms with van der Waals surface area (Å²) in [5.74, 6) is 0.336. The first-order chi connectivity index (χ1) is 19.2. The topological polar surface area (TPSA) is 130 Å². The van der Waals surface area contributed by atoms with Crippen LogP contribution in [0.1, 0.15) is 59.8 Å². The Morgan fingerprint density at radius 2 is 1.07 bits per heavy atom. The number of benzene rings is 2. The molecule has 1 aromatic heterocycles. The number of carbonyl (C=O) groups excluding carboxylic acids is 2. The van der Waals surface area contributed by atoms with Gasteiger partial charge in [-0.25, -0.2) is 0 Å². The van der Waals surface area contributed by atoms with Gasteiger partial charge >= 0.3 is 0 Å². The minimum atomic E-state index is -0.360. The molecule has 3 rings (SSSR count). The first-order valence-corrected chi connectivity index (χ1v) is 13.4. The van der Waals surface area contributed by atoms with E-state index in [-0.39, 0.29) is 62.2 Å². The average molecular weight is 550 g/mol. The SMILES string of the molecule is CC(C)[C@@H](CO)NC(=O)c1ccccc1OCc1cccc(COc2ccccc2C(=O)N[C@H](CO)C(C)C)n1. The van der Waals surface area contributed by atoms with E-state index in [0.717, 1.165) is 0 Å². The number of carbonyl (C=O) groups is 2. The number of rotatable bonds is 14. The van der Waals surface area contributed by atoms with Gasteiger partial charge in [-0.2, -0.15) is 0 Å². The van der Waals surface area contributed by atoms with Crippen molar-refractivity contribution in [2.45, 2.75) is 53.0 Å². The van der Waals surface area contributed by atoms with Crippen LogP contribution in [0.25, 0.3) is 0 Å². The molecule has 1 heterocycles. The fourth-order valence-corrected chi connectivity index (χ4v) is 3.89. The maximum atomic E-state index is 12.8. The molecule has 0 saturated heterocycles. The minimum Gasteiger partial charge on any atom is -0.486 e. The number of hydrogen-bond donors (Lipinski definition) is 4. The zero-order valence-corrected chi connectivity index (χ0v) is 23.5. The lowest BCUT2D eigenvalue weighted by molar-refractivity contribution is 0.0885. The number of nitrogens with zero attached hydrogens (tertiary/aromatic N) is 1. The molecular weight excluding hydrogens is 510 g/mol. The Morgan fingerprint density at radius 3 is 1.45 bits per heavy atom. The average Bonchev–Trinajstić information content (AvgIpc) is 2.96. The highest BCUT2D eigenvalue weighted by Gasteiger charge is 2.20. The van der Waals surface area contributed by atoms with Crippen LogP contribution in [0.4, 0.5) is 0 Å². The first kappa shape index (κ1) is 30.6. The molecule has 0 aliphatic heterocycles. The van der Waals surface area contributed by atoms with Gasteiger partial charge in [0.25, 0.3) is 11.8 Å². The molecule has 4 N–H and O–H groups in total. The van der Waals surface area contributed by atoms with Gasteiger partial charge in [-0.15, -0.1) is 0 Å². The van der Waals surface area contributed by atoms with E-state index < -0.39 is 0 Å². The standard InChI is InChI=1S/C31H39N3O6/c1-20(2)26(16-35)33-30(37)24-12-5-7-14-28(24)39-18-22-10-9-11-23(32-22)19-40-29-15-8-6-13-25(29)31(38)34-27(17-36)21(3)4/h5-15,20-21,26-27,35-36H,16-19H2,1-4H3,(H,33,37)(H,34,38)/t26-,27-/m1/s1. The summed E-state index contributed by atoms with van der Waals surface area (Å²) >= 11 is 0. The second-order valence-electron chi connectivity index (χ2n) is 10.2. The lowest BCUT2D eigenvalue weighted by Crippen LogP contribution is -2.41. The van der Waals surface area contributed by atoms with E-state index in [1.165, 1.54) is 0 Å². The van der Waals surface area contributed by atoms with Gasteiger partial charge in [0.15, 0.2) is 0 Å². The second-order valence-corrected chi connectivity index (χ2v) is 10.2. The van der Waals surface area contributed by atoms with Gasteiger partial charge in [0, 0.05) is 0 Å². The van der Waals surface area contributed by atoms with Crippen molar-refractivity contribution in [2.75, 3.05) is 13.2 Å². The minimum absolute atomic E-state index is 0.0787. The van der Waals surface area contributed by atoms with Crippen molar-refractivity contribution in [2.24, 2.45) is 11.8 Å². The summed E-state index contributed by atoms with van der Waals surface area (Å²) in [5, 5.41) is 24.8. The van der Waals surface area contributed by atoms with Gasteiger partial charge in [-0.1, -0.05) is 58.0 Å². The maximum Gasteiger partial charge on any atom is 0.255 e. The van der Waals surface area contributed by atoms with Crippen molar-refractivity contribution in [1.29, 1.82) is 0 Å². The Kier molecular flexibility index (Phi) is 11.5. The summed E-state index contributed by atoms with van der Waals surface area (Å²) in [4.78, 5) is 30.3. The quantitative estimate of drug-likeness (QED) is 0.241. The van der Waals surface area contributed by atoms with Gasteiger partial charge in [-0.05, 0) is 48.2 Å². The van der Waals surface area contributed by atoms with Crippen LogP contribution in [0.15, 0.2) is 66.7 Å². The summed E-state index contributed by atoms with van der Waals surface area (Å²) in [5.41, 5.74) is 2.02. The number of para-hydroxylation sites is 2. The van der Waals surface area contributed by atoms with Crippen LogP contribution in [0.3, 0.4) is 0 Å². The molecule has 0 fully saturated rings. The predicted octanol–water partition coefficient (Wildman–Crippen LogP) is 3.73. The highest BCUT2D eigenvalue weighted by Crippen LogP contribution is 2.21. The van der Waals surface area contributed by atoms with Crippen LogP contribution in [0, 0.1) is 11.8 Å². The van der Waals surface area contributed by atoms with Gasteiger partial charge in [0.1, 0.15) is 24.7 Å². The van der Waals surface area contributed by atoms with Crippen molar-refractivity contribution < 1.29 is 29.3 Å². The maximum absolute atomic E-state index is 12.8. The molecule has 214 valence electrons. The van der Waals surface area contributed by atoms with Crippen molar-refractivity contribution in [3.05, 3.63) is 89.2 Å². The molecule has 40 heavy (non-hydrogen) atoms. The van der Waals surface area contributed by atoms with Crippen LogP contribution in [-0.4, -0.2) is 52.3 Å². The Morgan fingerprint density at radius 1 is 0.675 bits per heavy atom. The summed E-state index contributed by atoms with van der Waals surface area (Å²) < 4.78 is 11.9. The van der Waals surface area contributed by atoms with Crippen molar-refractivity contribution >= 4 is 11.8 Å².